The minimum Gasteiger partial charge on any atom is -0.468 e. The van der Waals surface area contributed by atoms with Gasteiger partial charge in [0.2, 0.25) is 17.6 Å². The summed E-state index contributed by atoms with van der Waals surface area (Å²) in [5.41, 5.74) is -2.79. The molecule has 0 aromatic rings. The summed E-state index contributed by atoms with van der Waals surface area (Å²) in [6.45, 7) is 14.6. The van der Waals surface area contributed by atoms with Crippen LogP contribution >= 0.6 is 0 Å². The van der Waals surface area contributed by atoms with E-state index in [9.17, 15) is 28.8 Å². The fourth-order valence-corrected chi connectivity index (χ4v) is 5.50. The molecule has 1 saturated carbocycles. The molecular formula is C31H52N4O9. The Hall–Kier alpha value is -3.22. The smallest absolute Gasteiger partial charge is 0.407 e. The number of carbonyl (C=O) groups excluding carboxylic acids is 6. The number of alkyl carbamates (subject to hydrolysis) is 1. The lowest BCUT2D eigenvalue weighted by molar-refractivity contribution is -0.148. The van der Waals surface area contributed by atoms with E-state index >= 15 is 0 Å². The van der Waals surface area contributed by atoms with E-state index in [1.54, 1.807) is 20.8 Å². The molecule has 1 heterocycles. The fraction of sp³-hybridized carbons (Fsp3) is 0.806. The number of amides is 4. The molecule has 2 rings (SSSR count). The van der Waals surface area contributed by atoms with Crippen molar-refractivity contribution < 1.29 is 43.0 Å². The topological polar surface area (TPSA) is 169 Å². The first kappa shape index (κ1) is 37.0. The Morgan fingerprint density at radius 1 is 0.955 bits per heavy atom. The molecular weight excluding hydrogens is 572 g/mol. The van der Waals surface area contributed by atoms with Crippen LogP contribution in [0.15, 0.2) is 0 Å². The molecule has 13 heteroatoms. The van der Waals surface area contributed by atoms with Crippen molar-refractivity contribution in [3.8, 4) is 0 Å². The molecule has 0 aromatic carbocycles. The second-order valence-corrected chi connectivity index (χ2v) is 14.2. The minimum atomic E-state index is -1.49. The summed E-state index contributed by atoms with van der Waals surface area (Å²) >= 11 is 0. The van der Waals surface area contributed by atoms with E-state index in [4.69, 9.17) is 9.47 Å². The Morgan fingerprint density at radius 3 is 2.09 bits per heavy atom. The summed E-state index contributed by atoms with van der Waals surface area (Å²) in [4.78, 5) is 80.0. The first-order valence-electron chi connectivity index (χ1n) is 15.4. The van der Waals surface area contributed by atoms with Crippen LogP contribution in [0.1, 0.15) is 93.9 Å². The summed E-state index contributed by atoms with van der Waals surface area (Å²) < 4.78 is 16.0. The second kappa shape index (κ2) is 15.2. The molecule has 250 valence electrons. The number of carbonyl (C=O) groups is 6. The van der Waals surface area contributed by atoms with Gasteiger partial charge in [-0.15, -0.1) is 0 Å². The van der Waals surface area contributed by atoms with E-state index in [1.807, 2.05) is 34.6 Å². The number of ether oxygens (including phenoxy) is 3. The van der Waals surface area contributed by atoms with Gasteiger partial charge in [-0.1, -0.05) is 53.9 Å². The molecule has 1 aliphatic heterocycles. The summed E-state index contributed by atoms with van der Waals surface area (Å²) in [6, 6.07) is -2.06. The molecule has 1 saturated heterocycles. The maximum Gasteiger partial charge on any atom is 0.407 e. The average molecular weight is 625 g/mol. The molecule has 3 N–H and O–H groups in total. The van der Waals surface area contributed by atoms with Crippen LogP contribution in [0.25, 0.3) is 0 Å². The number of methoxy groups -OCH3 is 1. The molecule has 3 atom stereocenters. The zero-order chi connectivity index (χ0) is 33.5. The Bertz CT molecular complexity index is 1070. The highest BCUT2D eigenvalue weighted by Crippen LogP contribution is 2.33. The van der Waals surface area contributed by atoms with Gasteiger partial charge in [0, 0.05) is 13.0 Å². The molecule has 4 amide bonds. The number of nitrogens with zero attached hydrogens (tertiary/aromatic N) is 1. The lowest BCUT2D eigenvalue weighted by Crippen LogP contribution is -2.63. The van der Waals surface area contributed by atoms with Crippen molar-refractivity contribution in [2.45, 2.75) is 123 Å². The first-order chi connectivity index (χ1) is 20.3. The summed E-state index contributed by atoms with van der Waals surface area (Å²) in [5, 5.41) is 7.81. The standard InChI is InChI=1S/C31H52N4O9/c1-19(2)18-43-28(41)33-23(29(3,4)5)27(40)35-17-20(44-30(6,7)8)15-21(35)25(38)34-31(13-11-10-12-14-31)24(37)26(39)32-16-22(36)42-9/h19-21,23H,10-18H2,1-9H3,(H,32,39)(H,33,41)(H,34,38). The van der Waals surface area contributed by atoms with Crippen molar-refractivity contribution in [1.29, 1.82) is 0 Å². The fourth-order valence-electron chi connectivity index (χ4n) is 5.50. The van der Waals surface area contributed by atoms with Gasteiger partial charge in [0.05, 0.1) is 25.4 Å². The van der Waals surface area contributed by atoms with Crippen LogP contribution in [0.3, 0.4) is 0 Å². The Balaban J connectivity index is 2.38. The Morgan fingerprint density at radius 2 is 1.57 bits per heavy atom. The number of esters is 1. The predicted octanol–water partition coefficient (Wildman–Crippen LogP) is 2.25. The predicted molar refractivity (Wildman–Crippen MR) is 161 cm³/mol. The van der Waals surface area contributed by atoms with Crippen LogP contribution in [-0.2, 0) is 38.2 Å². The van der Waals surface area contributed by atoms with Gasteiger partial charge in [-0.3, -0.25) is 24.0 Å². The number of Topliss-reactive ketones (excluding diaryl/α,β-unsaturated/α-hetero) is 1. The molecule has 3 unspecified atom stereocenters. The number of nitrogens with one attached hydrogen (secondary N) is 3. The van der Waals surface area contributed by atoms with E-state index in [1.165, 1.54) is 12.0 Å². The number of hydrogen-bond acceptors (Lipinski definition) is 9. The van der Waals surface area contributed by atoms with Crippen LogP contribution in [0, 0.1) is 11.3 Å². The van der Waals surface area contributed by atoms with Crippen LogP contribution < -0.4 is 16.0 Å². The Labute approximate surface area is 260 Å². The Kier molecular flexibility index (Phi) is 12.8. The van der Waals surface area contributed by atoms with Crippen LogP contribution in [-0.4, -0.2) is 96.6 Å². The van der Waals surface area contributed by atoms with E-state index in [0.717, 1.165) is 6.42 Å². The van der Waals surface area contributed by atoms with Crippen LogP contribution in [0.5, 0.6) is 0 Å². The summed E-state index contributed by atoms with van der Waals surface area (Å²) in [5.74, 6) is -3.54. The third kappa shape index (κ3) is 10.4. The monoisotopic (exact) mass is 624 g/mol. The van der Waals surface area contributed by atoms with Gasteiger partial charge in [0.15, 0.2) is 0 Å². The number of rotatable bonds is 11. The third-order valence-electron chi connectivity index (χ3n) is 7.62. The summed E-state index contributed by atoms with van der Waals surface area (Å²) in [7, 11) is 1.17. The molecule has 44 heavy (non-hydrogen) atoms. The van der Waals surface area contributed by atoms with Crippen molar-refractivity contribution in [1.82, 2.24) is 20.9 Å². The van der Waals surface area contributed by atoms with Gasteiger partial charge in [0.1, 0.15) is 24.2 Å². The van der Waals surface area contributed by atoms with E-state index < -0.39 is 76.9 Å². The highest BCUT2D eigenvalue weighted by Gasteiger charge is 2.50. The quantitative estimate of drug-likeness (QED) is 0.231. The van der Waals surface area contributed by atoms with E-state index in [2.05, 4.69) is 20.7 Å². The van der Waals surface area contributed by atoms with Crippen molar-refractivity contribution in [2.24, 2.45) is 11.3 Å². The zero-order valence-electron chi connectivity index (χ0n) is 27.8. The average Bonchev–Trinajstić information content (AvgIpc) is 3.34. The van der Waals surface area contributed by atoms with E-state index in [-0.39, 0.29) is 38.3 Å². The molecule has 2 aliphatic rings. The molecule has 1 aliphatic carbocycles. The van der Waals surface area contributed by atoms with Crippen molar-refractivity contribution in [2.75, 3.05) is 26.8 Å². The summed E-state index contributed by atoms with van der Waals surface area (Å²) in [6.07, 6.45) is 1.43. The first-order valence-corrected chi connectivity index (χ1v) is 15.4. The van der Waals surface area contributed by atoms with Crippen LogP contribution in [0.2, 0.25) is 0 Å². The van der Waals surface area contributed by atoms with Gasteiger partial charge < -0.3 is 35.1 Å². The third-order valence-corrected chi connectivity index (χ3v) is 7.62. The highest BCUT2D eigenvalue weighted by atomic mass is 16.5. The van der Waals surface area contributed by atoms with Crippen molar-refractivity contribution in [3.05, 3.63) is 0 Å². The van der Waals surface area contributed by atoms with E-state index in [0.29, 0.717) is 12.8 Å². The number of ketones is 1. The molecule has 2 fully saturated rings. The van der Waals surface area contributed by atoms with Gasteiger partial charge >= 0.3 is 12.1 Å². The van der Waals surface area contributed by atoms with Crippen LogP contribution in [0.4, 0.5) is 4.79 Å². The lowest BCUT2D eigenvalue weighted by atomic mass is 9.77. The largest absolute Gasteiger partial charge is 0.468 e. The molecule has 0 spiro atoms. The number of hydrogen-bond donors (Lipinski definition) is 3. The highest BCUT2D eigenvalue weighted by molar-refractivity contribution is 6.40. The molecule has 0 radical (unpaired) electrons. The van der Waals surface area contributed by atoms with Gasteiger partial charge in [-0.25, -0.2) is 4.79 Å². The molecule has 0 aromatic heterocycles. The lowest BCUT2D eigenvalue weighted by Gasteiger charge is -2.39. The molecule has 0 bridgehead atoms. The van der Waals surface area contributed by atoms with Gasteiger partial charge in [0.25, 0.3) is 5.91 Å². The number of likely N-dealkylation sites (tertiary alicyclic amines) is 1. The SMILES string of the molecule is COC(=O)CNC(=O)C(=O)C1(NC(=O)C2CC(OC(C)(C)C)CN2C(=O)C(NC(=O)OCC(C)C)C(C)(C)C)CCCCC1. The maximum absolute atomic E-state index is 14.1. The second-order valence-electron chi connectivity index (χ2n) is 14.2. The zero-order valence-corrected chi connectivity index (χ0v) is 27.8. The normalized spacial score (nSPS) is 20.8. The van der Waals surface area contributed by atoms with Gasteiger partial charge in [-0.2, -0.15) is 0 Å². The van der Waals surface area contributed by atoms with Crippen molar-refractivity contribution in [3.63, 3.8) is 0 Å². The maximum atomic E-state index is 14.1. The minimum absolute atomic E-state index is 0.0874. The molecule has 13 nitrogen and oxygen atoms in total. The van der Waals surface area contributed by atoms with Crippen molar-refractivity contribution >= 4 is 35.6 Å². The van der Waals surface area contributed by atoms with Gasteiger partial charge in [-0.05, 0) is 44.9 Å².